The highest BCUT2D eigenvalue weighted by Crippen LogP contribution is 2.42. The summed E-state index contributed by atoms with van der Waals surface area (Å²) in [4.78, 5) is 117. The molecule has 6 fully saturated rings. The van der Waals surface area contributed by atoms with Crippen LogP contribution >= 0.6 is 0 Å². The van der Waals surface area contributed by atoms with Crippen LogP contribution in [-0.2, 0) is 35.2 Å². The standard InChI is InChI=1S/C60H73N11O8/c1-4-53(72)64-49-34-68(29-27-43-23-25-51(70(43)57(49)76)55(74)65-47-32-45(47)39-11-7-5-8-12-39)59(78)62-41-19-15-37(16-20-41)31-38-17-21-42(22-18-38)63-60(79)69-30-28-44-24-26-52(56(75)66-48-33-46(48)40-13-9-6-10-14-40)71(44)58(77)50(35-69)67-54(73)36(2)61-3/h5-22,36,43-52,61H,4,23-35H2,1-3H3,(H,62,78)(H,63,79)(H,64,72)(H,65,74)(H,66,75)(H,67,73). The fraction of sp³-hybridized carbons (Fsp3) is 0.467. The highest BCUT2D eigenvalue weighted by atomic mass is 16.2. The molecular weight excluding hydrogens is 1000 g/mol. The van der Waals surface area contributed by atoms with Crippen molar-refractivity contribution < 1.29 is 38.4 Å². The molecule has 10 amide bonds. The molecular formula is C60H73N11O8. The Morgan fingerprint density at radius 2 is 0.975 bits per heavy atom. The van der Waals surface area contributed by atoms with Crippen LogP contribution in [0.15, 0.2) is 109 Å². The molecule has 4 saturated heterocycles. The summed E-state index contributed by atoms with van der Waals surface area (Å²) in [6.07, 6.45) is 5.58. The monoisotopic (exact) mass is 1080 g/mol. The zero-order valence-corrected chi connectivity index (χ0v) is 45.2. The van der Waals surface area contributed by atoms with Gasteiger partial charge in [0.15, 0.2) is 0 Å². The first-order valence-corrected chi connectivity index (χ1v) is 28.2. The van der Waals surface area contributed by atoms with E-state index in [1.807, 2.05) is 84.9 Å². The highest BCUT2D eigenvalue weighted by molar-refractivity contribution is 5.97. The minimum Gasteiger partial charge on any atom is -0.351 e. The number of fused-ring (bicyclic) bond motifs is 2. The van der Waals surface area contributed by atoms with Gasteiger partial charge in [-0.1, -0.05) is 91.9 Å². The van der Waals surface area contributed by atoms with Gasteiger partial charge in [-0.3, -0.25) is 28.8 Å². The number of hydrogen-bond acceptors (Lipinski definition) is 9. The molecule has 6 aliphatic rings. The van der Waals surface area contributed by atoms with Crippen LogP contribution < -0.4 is 37.2 Å². The maximum absolute atomic E-state index is 14.5. The van der Waals surface area contributed by atoms with Crippen molar-refractivity contribution in [2.24, 2.45) is 0 Å². The molecule has 0 aromatic heterocycles. The second kappa shape index (κ2) is 24.1. The van der Waals surface area contributed by atoms with Crippen LogP contribution in [-0.4, -0.2) is 155 Å². The molecule has 416 valence electrons. The molecule has 4 aromatic carbocycles. The Morgan fingerprint density at radius 3 is 1.39 bits per heavy atom. The molecule has 0 spiro atoms. The Labute approximate surface area is 461 Å². The second-order valence-electron chi connectivity index (χ2n) is 22.2. The molecule has 11 atom stereocenters. The van der Waals surface area contributed by atoms with Gasteiger partial charge >= 0.3 is 12.1 Å². The summed E-state index contributed by atoms with van der Waals surface area (Å²) in [5, 5.41) is 21.0. The number of urea groups is 2. The SMILES string of the molecule is CCC(=O)NC1CN(C(=O)Nc2ccc(Cc3ccc(NC(=O)N4CCC5CCC(C(=O)NC6CC6c6ccccc6)N5C(=O)C(NC(=O)C(C)NC)C4)cc3)cc2)CCC2CCC(C(=O)NC3CC3c3ccccc3)N2C1=O. The van der Waals surface area contributed by atoms with E-state index in [4.69, 9.17) is 0 Å². The number of nitrogens with one attached hydrogen (secondary N) is 7. The first-order valence-electron chi connectivity index (χ1n) is 28.2. The van der Waals surface area contributed by atoms with Crippen LogP contribution in [0.25, 0.3) is 0 Å². The van der Waals surface area contributed by atoms with Gasteiger partial charge in [-0.05, 0) is 118 Å². The molecule has 2 aliphatic carbocycles. The number of carbonyl (C=O) groups excluding carboxylic acids is 8. The summed E-state index contributed by atoms with van der Waals surface area (Å²) in [6, 6.07) is 29.7. The molecule has 2 saturated carbocycles. The van der Waals surface area contributed by atoms with E-state index in [1.54, 1.807) is 40.5 Å². The summed E-state index contributed by atoms with van der Waals surface area (Å²) in [7, 11) is 1.65. The average molecular weight is 1080 g/mol. The number of rotatable bonds is 15. The van der Waals surface area contributed by atoms with Gasteiger partial charge in [-0.15, -0.1) is 0 Å². The minimum atomic E-state index is -1.07. The lowest BCUT2D eigenvalue weighted by atomic mass is 10.0. The molecule has 4 aromatic rings. The highest BCUT2D eigenvalue weighted by Gasteiger charge is 2.50. The van der Waals surface area contributed by atoms with E-state index >= 15 is 0 Å². The summed E-state index contributed by atoms with van der Waals surface area (Å²) in [6.45, 7) is 3.90. The molecule has 0 radical (unpaired) electrons. The van der Waals surface area contributed by atoms with Crippen molar-refractivity contribution in [2.45, 2.75) is 144 Å². The molecule has 7 N–H and O–H groups in total. The third kappa shape index (κ3) is 12.7. The van der Waals surface area contributed by atoms with Gasteiger partial charge in [0.25, 0.3) is 0 Å². The van der Waals surface area contributed by atoms with Crippen LogP contribution in [0, 0.1) is 0 Å². The minimum absolute atomic E-state index is 0.00193. The Bertz CT molecular complexity index is 2890. The van der Waals surface area contributed by atoms with Gasteiger partial charge in [0.05, 0.1) is 19.1 Å². The lowest BCUT2D eigenvalue weighted by Crippen LogP contribution is -2.62. The molecule has 79 heavy (non-hydrogen) atoms. The summed E-state index contributed by atoms with van der Waals surface area (Å²) in [5.41, 5.74) is 5.41. The van der Waals surface area contributed by atoms with E-state index in [-0.39, 0.29) is 85.0 Å². The van der Waals surface area contributed by atoms with Gasteiger partial charge < -0.3 is 56.8 Å². The smallest absolute Gasteiger partial charge is 0.321 e. The van der Waals surface area contributed by atoms with Gasteiger partial charge in [0, 0.05) is 66.9 Å². The molecule has 19 nitrogen and oxygen atoms in total. The normalized spacial score (nSPS) is 26.7. The van der Waals surface area contributed by atoms with Gasteiger partial charge in [-0.2, -0.15) is 0 Å². The first-order chi connectivity index (χ1) is 38.2. The van der Waals surface area contributed by atoms with Gasteiger partial charge in [-0.25, -0.2) is 9.59 Å². The number of likely N-dealkylation sites (N-methyl/N-ethyl adjacent to an activating group) is 1. The Morgan fingerprint density at radius 1 is 0.544 bits per heavy atom. The number of carbonyl (C=O) groups is 8. The molecule has 10 rings (SSSR count). The van der Waals surface area contributed by atoms with Crippen molar-refractivity contribution in [1.29, 1.82) is 0 Å². The predicted octanol–water partition coefficient (Wildman–Crippen LogP) is 4.80. The predicted molar refractivity (Wildman–Crippen MR) is 298 cm³/mol. The molecule has 4 heterocycles. The number of amides is 10. The van der Waals surface area contributed by atoms with Crippen LogP contribution in [0.5, 0.6) is 0 Å². The van der Waals surface area contributed by atoms with Crippen molar-refractivity contribution in [2.75, 3.05) is 43.9 Å². The van der Waals surface area contributed by atoms with Crippen LogP contribution in [0.1, 0.15) is 106 Å². The largest absolute Gasteiger partial charge is 0.351 e. The summed E-state index contributed by atoms with van der Waals surface area (Å²) in [5.74, 6) is -1.33. The van der Waals surface area contributed by atoms with Crippen molar-refractivity contribution in [3.8, 4) is 0 Å². The maximum Gasteiger partial charge on any atom is 0.321 e. The quantitative estimate of drug-likeness (QED) is 0.0865. The fourth-order valence-corrected chi connectivity index (χ4v) is 12.0. The van der Waals surface area contributed by atoms with E-state index in [0.717, 1.165) is 24.0 Å². The van der Waals surface area contributed by atoms with Crippen LogP contribution in [0.4, 0.5) is 21.0 Å². The lowest BCUT2D eigenvalue weighted by molar-refractivity contribution is -0.144. The van der Waals surface area contributed by atoms with E-state index in [2.05, 4.69) is 61.5 Å². The van der Waals surface area contributed by atoms with Gasteiger partial charge in [0.1, 0.15) is 24.2 Å². The fourth-order valence-electron chi connectivity index (χ4n) is 12.0. The molecule has 4 aliphatic heterocycles. The number of benzene rings is 4. The molecule has 0 bridgehead atoms. The molecule has 11 unspecified atom stereocenters. The maximum atomic E-state index is 14.5. The van der Waals surface area contributed by atoms with E-state index in [0.29, 0.717) is 69.4 Å². The first kappa shape index (κ1) is 54.6. The topological polar surface area (TPSA) is 234 Å². The van der Waals surface area contributed by atoms with Gasteiger partial charge in [0.2, 0.25) is 35.4 Å². The van der Waals surface area contributed by atoms with Crippen molar-refractivity contribution in [1.82, 2.24) is 46.2 Å². The zero-order valence-electron chi connectivity index (χ0n) is 45.2. The Hall–Kier alpha value is -7.80. The van der Waals surface area contributed by atoms with Crippen LogP contribution in [0.2, 0.25) is 0 Å². The number of nitrogens with zero attached hydrogens (tertiary/aromatic N) is 4. The average Bonchev–Trinajstić information content (AvgIpc) is 4.42. The summed E-state index contributed by atoms with van der Waals surface area (Å²) >= 11 is 0. The third-order valence-electron chi connectivity index (χ3n) is 16.9. The van der Waals surface area contributed by atoms with Crippen molar-refractivity contribution in [3.63, 3.8) is 0 Å². The van der Waals surface area contributed by atoms with Crippen molar-refractivity contribution in [3.05, 3.63) is 131 Å². The van der Waals surface area contributed by atoms with E-state index in [9.17, 15) is 38.4 Å². The third-order valence-corrected chi connectivity index (χ3v) is 16.9. The van der Waals surface area contributed by atoms with E-state index in [1.165, 1.54) is 11.1 Å². The number of hydrogen-bond donors (Lipinski definition) is 7. The zero-order chi connectivity index (χ0) is 55.3. The van der Waals surface area contributed by atoms with E-state index < -0.39 is 48.2 Å². The van der Waals surface area contributed by atoms with Crippen LogP contribution in [0.3, 0.4) is 0 Å². The lowest BCUT2D eigenvalue weighted by Gasteiger charge is -2.39. The molecule has 19 heteroatoms. The number of anilines is 2. The van der Waals surface area contributed by atoms with Crippen molar-refractivity contribution >= 4 is 58.9 Å². The Kier molecular flexibility index (Phi) is 16.6. The second-order valence-corrected chi connectivity index (χ2v) is 22.2. The Balaban J connectivity index is 0.723. The summed E-state index contributed by atoms with van der Waals surface area (Å²) < 4.78 is 0.